The summed E-state index contributed by atoms with van der Waals surface area (Å²) in [5.41, 5.74) is -0.791. The first-order chi connectivity index (χ1) is 6.18. The molecule has 0 unspecified atom stereocenters. The van der Waals surface area contributed by atoms with Crippen molar-refractivity contribution in [3.63, 3.8) is 0 Å². The molecule has 1 heterocycles. The molecular formula is C10H18N2O2. The zero-order valence-corrected chi connectivity index (χ0v) is 9.46. The molecule has 0 aromatic rings. The lowest BCUT2D eigenvalue weighted by atomic mass is 9.80. The fourth-order valence-electron chi connectivity index (χ4n) is 1.63. The number of nitrogens with zero attached hydrogens (tertiary/aromatic N) is 2. The summed E-state index contributed by atoms with van der Waals surface area (Å²) in [5.74, 6) is -0.223. The van der Waals surface area contributed by atoms with Gasteiger partial charge in [-0.3, -0.25) is 4.79 Å². The summed E-state index contributed by atoms with van der Waals surface area (Å²) in [7, 11) is 0. The van der Waals surface area contributed by atoms with Gasteiger partial charge in [0.05, 0.1) is 0 Å². The van der Waals surface area contributed by atoms with Gasteiger partial charge in [0.15, 0.2) is 5.72 Å². The number of hydrazone groups is 1. The monoisotopic (exact) mass is 198 g/mol. The van der Waals surface area contributed by atoms with Crippen LogP contribution in [0.15, 0.2) is 5.10 Å². The predicted octanol–water partition coefficient (Wildman–Crippen LogP) is 1.35. The summed E-state index contributed by atoms with van der Waals surface area (Å²) in [4.78, 5) is 11.3. The Morgan fingerprint density at radius 1 is 1.57 bits per heavy atom. The van der Waals surface area contributed by atoms with Gasteiger partial charge in [-0.1, -0.05) is 20.8 Å². The van der Waals surface area contributed by atoms with Crippen LogP contribution in [0.25, 0.3) is 0 Å². The highest BCUT2D eigenvalue weighted by molar-refractivity contribution is 5.88. The standard InChI is InChI=1S/C10H18N2O2/c1-7-6-10(14,9(3,4)5)12(11-7)8(2)13/h14H,6H2,1-5H3/t10-/m1/s1. The van der Waals surface area contributed by atoms with Crippen LogP contribution in [0, 0.1) is 5.41 Å². The lowest BCUT2D eigenvalue weighted by Crippen LogP contribution is -2.54. The van der Waals surface area contributed by atoms with Crippen molar-refractivity contribution in [1.82, 2.24) is 5.01 Å². The molecule has 14 heavy (non-hydrogen) atoms. The summed E-state index contributed by atoms with van der Waals surface area (Å²) in [6.07, 6.45) is 0.427. The van der Waals surface area contributed by atoms with E-state index in [1.807, 2.05) is 27.7 Å². The molecule has 4 nitrogen and oxygen atoms in total. The number of hydrogen-bond acceptors (Lipinski definition) is 3. The van der Waals surface area contributed by atoms with Crippen molar-refractivity contribution in [2.45, 2.75) is 46.8 Å². The van der Waals surface area contributed by atoms with Crippen molar-refractivity contribution in [2.24, 2.45) is 10.5 Å². The van der Waals surface area contributed by atoms with Crippen LogP contribution in [0.3, 0.4) is 0 Å². The molecule has 0 bridgehead atoms. The molecule has 1 amide bonds. The van der Waals surface area contributed by atoms with Gasteiger partial charge in [-0.05, 0) is 6.92 Å². The fourth-order valence-corrected chi connectivity index (χ4v) is 1.63. The molecule has 1 aliphatic heterocycles. The minimum Gasteiger partial charge on any atom is -0.368 e. The van der Waals surface area contributed by atoms with Gasteiger partial charge in [-0.2, -0.15) is 5.10 Å². The second-order valence-corrected chi connectivity index (χ2v) is 4.91. The van der Waals surface area contributed by atoms with Crippen LogP contribution in [0.1, 0.15) is 41.0 Å². The van der Waals surface area contributed by atoms with Crippen molar-refractivity contribution in [2.75, 3.05) is 0 Å². The van der Waals surface area contributed by atoms with Crippen molar-refractivity contribution in [3.8, 4) is 0 Å². The molecule has 1 N–H and O–H groups in total. The lowest BCUT2D eigenvalue weighted by Gasteiger charge is -2.41. The third-order valence-corrected chi connectivity index (χ3v) is 2.62. The van der Waals surface area contributed by atoms with Gasteiger partial charge in [-0.25, -0.2) is 5.01 Å². The molecular weight excluding hydrogens is 180 g/mol. The minimum absolute atomic E-state index is 0.223. The van der Waals surface area contributed by atoms with Crippen LogP contribution < -0.4 is 0 Å². The van der Waals surface area contributed by atoms with Gasteiger partial charge in [0, 0.05) is 24.5 Å². The molecule has 0 fully saturated rings. The molecule has 0 radical (unpaired) electrons. The Hall–Kier alpha value is -0.900. The first kappa shape index (κ1) is 11.2. The molecule has 0 saturated heterocycles. The second kappa shape index (κ2) is 3.05. The van der Waals surface area contributed by atoms with Crippen LogP contribution in [0.4, 0.5) is 0 Å². The third kappa shape index (κ3) is 1.54. The normalized spacial score (nSPS) is 27.9. The Morgan fingerprint density at radius 3 is 2.36 bits per heavy atom. The van der Waals surface area contributed by atoms with Gasteiger partial charge in [0.2, 0.25) is 5.91 Å². The van der Waals surface area contributed by atoms with Crippen LogP contribution in [-0.2, 0) is 4.79 Å². The average Bonchev–Trinajstić information content (AvgIpc) is 2.25. The van der Waals surface area contributed by atoms with Crippen molar-refractivity contribution in [1.29, 1.82) is 0 Å². The summed E-state index contributed by atoms with van der Waals surface area (Å²) in [6.45, 7) is 8.93. The molecule has 1 rings (SSSR count). The summed E-state index contributed by atoms with van der Waals surface area (Å²) >= 11 is 0. The maximum Gasteiger partial charge on any atom is 0.242 e. The minimum atomic E-state index is -1.18. The largest absolute Gasteiger partial charge is 0.368 e. The Bertz CT molecular complexity index is 291. The molecule has 0 aliphatic carbocycles. The summed E-state index contributed by atoms with van der Waals surface area (Å²) in [5, 5.41) is 15.7. The van der Waals surface area contributed by atoms with Crippen LogP contribution in [0.2, 0.25) is 0 Å². The third-order valence-electron chi connectivity index (χ3n) is 2.62. The Morgan fingerprint density at radius 2 is 2.07 bits per heavy atom. The van der Waals surface area contributed by atoms with Gasteiger partial charge in [0.1, 0.15) is 0 Å². The van der Waals surface area contributed by atoms with E-state index in [9.17, 15) is 9.90 Å². The first-order valence-electron chi connectivity index (χ1n) is 4.76. The average molecular weight is 198 g/mol. The van der Waals surface area contributed by atoms with Crippen molar-refractivity contribution >= 4 is 11.6 Å². The van der Waals surface area contributed by atoms with E-state index in [0.29, 0.717) is 6.42 Å². The Balaban J connectivity index is 3.08. The summed E-state index contributed by atoms with van der Waals surface area (Å²) in [6, 6.07) is 0. The second-order valence-electron chi connectivity index (χ2n) is 4.91. The van der Waals surface area contributed by atoms with E-state index < -0.39 is 11.1 Å². The van der Waals surface area contributed by atoms with Gasteiger partial charge in [-0.15, -0.1) is 0 Å². The predicted molar refractivity (Wildman–Crippen MR) is 54.7 cm³/mol. The first-order valence-corrected chi connectivity index (χ1v) is 4.76. The van der Waals surface area contributed by atoms with E-state index in [1.54, 1.807) is 0 Å². The van der Waals surface area contributed by atoms with Gasteiger partial charge >= 0.3 is 0 Å². The van der Waals surface area contributed by atoms with Crippen LogP contribution >= 0.6 is 0 Å². The Labute approximate surface area is 84.6 Å². The highest BCUT2D eigenvalue weighted by Gasteiger charge is 2.50. The van der Waals surface area contributed by atoms with Gasteiger partial charge < -0.3 is 5.11 Å². The number of aliphatic hydroxyl groups is 1. The highest BCUT2D eigenvalue weighted by atomic mass is 16.3. The molecule has 1 aliphatic rings. The van der Waals surface area contributed by atoms with Crippen LogP contribution in [0.5, 0.6) is 0 Å². The Kier molecular flexibility index (Phi) is 2.44. The van der Waals surface area contributed by atoms with Crippen LogP contribution in [-0.4, -0.2) is 27.5 Å². The molecule has 80 valence electrons. The van der Waals surface area contributed by atoms with E-state index in [4.69, 9.17) is 0 Å². The van der Waals surface area contributed by atoms with E-state index >= 15 is 0 Å². The molecule has 4 heteroatoms. The van der Waals surface area contributed by atoms with Gasteiger partial charge in [0.25, 0.3) is 0 Å². The van der Waals surface area contributed by atoms with Crippen molar-refractivity contribution in [3.05, 3.63) is 0 Å². The maximum absolute atomic E-state index is 11.3. The molecule has 0 saturated carbocycles. The van der Waals surface area contributed by atoms with E-state index in [1.165, 1.54) is 11.9 Å². The fraction of sp³-hybridized carbons (Fsp3) is 0.800. The SMILES string of the molecule is CC(=O)N1N=C(C)C[C@@]1(O)C(C)(C)C. The number of rotatable bonds is 0. The topological polar surface area (TPSA) is 52.9 Å². The molecule has 0 spiro atoms. The highest BCUT2D eigenvalue weighted by Crippen LogP contribution is 2.40. The zero-order chi connectivity index (χ0) is 11.1. The van der Waals surface area contributed by atoms with E-state index in [-0.39, 0.29) is 5.91 Å². The lowest BCUT2D eigenvalue weighted by molar-refractivity contribution is -0.180. The number of carbonyl (C=O) groups excluding carboxylic acids is 1. The number of hydrogen-bond donors (Lipinski definition) is 1. The zero-order valence-electron chi connectivity index (χ0n) is 9.46. The van der Waals surface area contributed by atoms with Crippen molar-refractivity contribution < 1.29 is 9.90 Å². The maximum atomic E-state index is 11.3. The summed E-state index contributed by atoms with van der Waals surface area (Å²) < 4.78 is 0. The number of amides is 1. The molecule has 0 aromatic carbocycles. The van der Waals surface area contributed by atoms with E-state index in [0.717, 1.165) is 5.71 Å². The molecule has 0 aromatic heterocycles. The molecule has 1 atom stereocenters. The smallest absolute Gasteiger partial charge is 0.242 e. The number of carbonyl (C=O) groups is 1. The van der Waals surface area contributed by atoms with E-state index in [2.05, 4.69) is 5.10 Å². The quantitative estimate of drug-likeness (QED) is 0.638.